The highest BCUT2D eigenvalue weighted by molar-refractivity contribution is 5.32. The van der Waals surface area contributed by atoms with Gasteiger partial charge in [-0.05, 0) is 17.7 Å². The van der Waals surface area contributed by atoms with Gasteiger partial charge in [0.2, 0.25) is 5.54 Å². The van der Waals surface area contributed by atoms with E-state index in [1.165, 1.54) is 0 Å². The van der Waals surface area contributed by atoms with Crippen LogP contribution in [0.15, 0.2) is 24.3 Å². The molecule has 10 heteroatoms. The van der Waals surface area contributed by atoms with Crippen LogP contribution in [0.5, 0.6) is 0 Å². The highest BCUT2D eigenvalue weighted by Gasteiger charge is 2.69. The predicted octanol–water partition coefficient (Wildman–Crippen LogP) is 3.98. The van der Waals surface area contributed by atoms with Crippen LogP contribution >= 0.6 is 0 Å². The molecule has 0 heterocycles. The van der Waals surface area contributed by atoms with Crippen molar-refractivity contribution >= 4 is 0 Å². The predicted molar refractivity (Wildman–Crippen MR) is 49.4 cm³/mol. The Kier molecular flexibility index (Phi) is 3.77. The molecule has 0 aliphatic rings. The van der Waals surface area contributed by atoms with Gasteiger partial charge in [0.1, 0.15) is 0 Å². The van der Waals surface area contributed by atoms with Crippen LogP contribution in [0.4, 0.5) is 39.5 Å². The van der Waals surface area contributed by atoms with Crippen molar-refractivity contribution in [2.75, 3.05) is 0 Å². The molecule has 0 saturated heterocycles. The molecule has 2 N–H and O–H groups in total. The fraction of sp³-hybridized carbons (Fsp3) is 0.400. The van der Waals surface area contributed by atoms with Gasteiger partial charge in [0, 0.05) is 0 Å². The Hall–Kier alpha value is -1.45. The average molecular weight is 311 g/mol. The van der Waals surface area contributed by atoms with Gasteiger partial charge in [-0.15, -0.1) is 0 Å². The maximum absolute atomic E-state index is 12.6. The number of alkyl halides is 9. The summed E-state index contributed by atoms with van der Waals surface area (Å²) in [5.74, 6) is 0. The van der Waals surface area contributed by atoms with E-state index in [0.717, 1.165) is 0 Å². The maximum Gasteiger partial charge on any atom is 0.419 e. The minimum atomic E-state index is -5.91. The van der Waals surface area contributed by atoms with Gasteiger partial charge < -0.3 is 5.73 Å². The number of rotatable bonds is 1. The largest absolute Gasteiger partial charge is 0.419 e. The molecule has 0 bridgehead atoms. The zero-order valence-corrected chi connectivity index (χ0v) is 9.29. The highest BCUT2D eigenvalue weighted by atomic mass is 19.4. The van der Waals surface area contributed by atoms with Crippen molar-refractivity contribution in [1.29, 1.82) is 0 Å². The van der Waals surface area contributed by atoms with Crippen molar-refractivity contribution in [1.82, 2.24) is 0 Å². The lowest BCUT2D eigenvalue weighted by atomic mass is 9.89. The molecule has 0 aromatic heterocycles. The number of halogens is 9. The van der Waals surface area contributed by atoms with Gasteiger partial charge in [-0.25, -0.2) is 0 Å². The zero-order valence-electron chi connectivity index (χ0n) is 9.29. The van der Waals surface area contributed by atoms with Crippen LogP contribution in [-0.4, -0.2) is 12.4 Å². The standard InChI is InChI=1S/C10H6F9N/c11-8(12,13)6-3-1-5(2-4-6)7(20,9(14,15)16)10(17,18)19/h1-4H,20H2. The lowest BCUT2D eigenvalue weighted by Crippen LogP contribution is -2.60. The van der Waals surface area contributed by atoms with E-state index in [9.17, 15) is 39.5 Å². The van der Waals surface area contributed by atoms with E-state index in [1.807, 2.05) is 0 Å². The zero-order chi connectivity index (χ0) is 16.0. The lowest BCUT2D eigenvalue weighted by Gasteiger charge is -2.34. The molecule has 0 unspecified atom stereocenters. The molecule has 0 spiro atoms. The Labute approximate surface area is 106 Å². The van der Waals surface area contributed by atoms with Crippen LogP contribution in [0.1, 0.15) is 11.1 Å². The molecular weight excluding hydrogens is 305 g/mol. The summed E-state index contributed by atoms with van der Waals surface area (Å²) >= 11 is 0. The van der Waals surface area contributed by atoms with Gasteiger partial charge in [-0.3, -0.25) is 0 Å². The summed E-state index contributed by atoms with van der Waals surface area (Å²) < 4.78 is 112. The average Bonchev–Trinajstić information content (AvgIpc) is 2.24. The van der Waals surface area contributed by atoms with Crippen LogP contribution in [-0.2, 0) is 11.7 Å². The molecule has 114 valence electrons. The van der Waals surface area contributed by atoms with Gasteiger partial charge in [0.05, 0.1) is 5.56 Å². The lowest BCUT2D eigenvalue weighted by molar-refractivity contribution is -0.301. The minimum Gasteiger partial charge on any atom is -0.306 e. The summed E-state index contributed by atoms with van der Waals surface area (Å²) in [6.07, 6.45) is -16.7. The Morgan fingerprint density at radius 3 is 1.15 bits per heavy atom. The third-order valence-electron chi connectivity index (χ3n) is 2.56. The highest BCUT2D eigenvalue weighted by Crippen LogP contribution is 2.48. The smallest absolute Gasteiger partial charge is 0.306 e. The molecule has 1 aromatic carbocycles. The Morgan fingerprint density at radius 2 is 0.900 bits per heavy atom. The number of nitrogens with two attached hydrogens (primary N) is 1. The number of hydrogen-bond acceptors (Lipinski definition) is 1. The van der Waals surface area contributed by atoms with Crippen molar-refractivity contribution in [3.63, 3.8) is 0 Å². The normalized spacial score (nSPS) is 14.5. The Balaban J connectivity index is 3.39. The van der Waals surface area contributed by atoms with Crippen molar-refractivity contribution in [3.05, 3.63) is 35.4 Å². The van der Waals surface area contributed by atoms with Crippen molar-refractivity contribution in [2.24, 2.45) is 5.73 Å². The number of hydrogen-bond donors (Lipinski definition) is 1. The quantitative estimate of drug-likeness (QED) is 0.780. The van der Waals surface area contributed by atoms with Crippen LogP contribution in [0, 0.1) is 0 Å². The molecule has 0 aliphatic carbocycles. The van der Waals surface area contributed by atoms with E-state index in [4.69, 9.17) is 0 Å². The molecule has 0 atom stereocenters. The van der Waals surface area contributed by atoms with Crippen LogP contribution < -0.4 is 5.73 Å². The van der Waals surface area contributed by atoms with E-state index in [-0.39, 0.29) is 24.3 Å². The monoisotopic (exact) mass is 311 g/mol. The van der Waals surface area contributed by atoms with Crippen LogP contribution in [0.2, 0.25) is 0 Å². The SMILES string of the molecule is NC(c1ccc(C(F)(F)F)cc1)(C(F)(F)F)C(F)(F)F. The third-order valence-corrected chi connectivity index (χ3v) is 2.56. The van der Waals surface area contributed by atoms with Crippen molar-refractivity contribution in [2.45, 2.75) is 24.1 Å². The fourth-order valence-electron chi connectivity index (χ4n) is 1.41. The topological polar surface area (TPSA) is 26.0 Å². The van der Waals surface area contributed by atoms with Gasteiger partial charge in [0.25, 0.3) is 0 Å². The van der Waals surface area contributed by atoms with E-state index in [1.54, 1.807) is 0 Å². The van der Waals surface area contributed by atoms with Crippen LogP contribution in [0.3, 0.4) is 0 Å². The molecule has 0 fully saturated rings. The third kappa shape index (κ3) is 2.69. The second-order valence-corrected chi connectivity index (χ2v) is 3.88. The molecule has 0 saturated carbocycles. The minimum absolute atomic E-state index is 0.0593. The Bertz CT molecular complexity index is 451. The van der Waals surface area contributed by atoms with Crippen molar-refractivity contribution < 1.29 is 39.5 Å². The summed E-state index contributed by atoms with van der Waals surface area (Å²) in [6, 6.07) is 0.330. The first kappa shape index (κ1) is 16.6. The second-order valence-electron chi connectivity index (χ2n) is 3.88. The van der Waals surface area contributed by atoms with E-state index in [0.29, 0.717) is 0 Å². The summed E-state index contributed by atoms with van der Waals surface area (Å²) in [4.78, 5) is 0. The molecule has 1 nitrogen and oxygen atoms in total. The summed E-state index contributed by atoms with van der Waals surface area (Å²) in [5, 5.41) is 0. The first-order valence-corrected chi connectivity index (χ1v) is 4.81. The van der Waals surface area contributed by atoms with E-state index < -0.39 is 35.2 Å². The molecule has 0 amide bonds. The van der Waals surface area contributed by atoms with E-state index in [2.05, 4.69) is 5.73 Å². The second kappa shape index (κ2) is 4.54. The van der Waals surface area contributed by atoms with Gasteiger partial charge >= 0.3 is 18.5 Å². The molecule has 0 aliphatic heterocycles. The van der Waals surface area contributed by atoms with Gasteiger partial charge in [0.15, 0.2) is 0 Å². The van der Waals surface area contributed by atoms with Crippen LogP contribution in [0.25, 0.3) is 0 Å². The molecule has 20 heavy (non-hydrogen) atoms. The van der Waals surface area contributed by atoms with Crippen molar-refractivity contribution in [3.8, 4) is 0 Å². The molecule has 1 aromatic rings. The molecule has 1 rings (SSSR count). The fourth-order valence-corrected chi connectivity index (χ4v) is 1.41. The van der Waals surface area contributed by atoms with E-state index >= 15 is 0 Å². The first-order valence-electron chi connectivity index (χ1n) is 4.81. The first-order chi connectivity index (χ1) is 8.71. The Morgan fingerprint density at radius 1 is 0.600 bits per heavy atom. The summed E-state index contributed by atoms with van der Waals surface area (Å²) in [5.41, 5.74) is -3.23. The molecule has 0 radical (unpaired) electrons. The summed E-state index contributed by atoms with van der Waals surface area (Å²) in [7, 11) is 0. The van der Waals surface area contributed by atoms with Gasteiger partial charge in [-0.2, -0.15) is 39.5 Å². The summed E-state index contributed by atoms with van der Waals surface area (Å²) in [6.45, 7) is 0. The van der Waals surface area contributed by atoms with Gasteiger partial charge in [-0.1, -0.05) is 12.1 Å². The maximum atomic E-state index is 12.6. The molecular formula is C10H6F9N. The number of benzene rings is 1.